The Morgan fingerprint density at radius 2 is 1.96 bits per heavy atom. The number of aryl methyl sites for hydroxylation is 1. The Morgan fingerprint density at radius 3 is 2.60 bits per heavy atom. The maximum absolute atomic E-state index is 12.3. The number of ether oxygens (including phenoxy) is 2. The van der Waals surface area contributed by atoms with E-state index in [4.69, 9.17) is 9.47 Å². The minimum absolute atomic E-state index is 0.0734. The number of rotatable bonds is 8. The summed E-state index contributed by atoms with van der Waals surface area (Å²) in [7, 11) is 3.62. The van der Waals surface area contributed by atoms with Crippen molar-refractivity contribution >= 4 is 12.0 Å². The number of hydrogen-bond acceptors (Lipinski definition) is 4. The van der Waals surface area contributed by atoms with Crippen LogP contribution in [0.3, 0.4) is 0 Å². The van der Waals surface area contributed by atoms with Crippen molar-refractivity contribution in [3.8, 4) is 11.5 Å². The zero-order valence-electron chi connectivity index (χ0n) is 15.2. The van der Waals surface area contributed by atoms with Crippen molar-refractivity contribution in [2.24, 2.45) is 7.05 Å². The van der Waals surface area contributed by atoms with Gasteiger partial charge in [0.1, 0.15) is 0 Å². The lowest BCUT2D eigenvalue weighted by atomic mass is 10.2. The van der Waals surface area contributed by atoms with E-state index in [0.29, 0.717) is 31.3 Å². The van der Waals surface area contributed by atoms with Crippen LogP contribution in [0.2, 0.25) is 0 Å². The molecule has 0 atom stereocenters. The normalized spacial score (nSPS) is 10.9. The highest BCUT2D eigenvalue weighted by atomic mass is 16.5. The minimum atomic E-state index is -0.0734. The average Bonchev–Trinajstić information content (AvgIpc) is 3.00. The van der Waals surface area contributed by atoms with Gasteiger partial charge in [0, 0.05) is 38.5 Å². The fourth-order valence-corrected chi connectivity index (χ4v) is 2.37. The van der Waals surface area contributed by atoms with E-state index in [9.17, 15) is 4.79 Å². The molecule has 2 rings (SSSR count). The van der Waals surface area contributed by atoms with E-state index in [0.717, 1.165) is 11.1 Å². The number of carbonyl (C=O) groups is 1. The van der Waals surface area contributed by atoms with Crippen molar-refractivity contribution in [3.05, 3.63) is 47.8 Å². The quantitative estimate of drug-likeness (QED) is 0.692. The summed E-state index contributed by atoms with van der Waals surface area (Å²) in [6, 6.07) is 5.63. The SMILES string of the molecule is CCOc1ccc(/C=C/C(=O)N(C)Cc2cnn(C)c2)cc1OCC. The lowest BCUT2D eigenvalue weighted by Gasteiger charge is -2.14. The van der Waals surface area contributed by atoms with Gasteiger partial charge in [0.15, 0.2) is 11.5 Å². The van der Waals surface area contributed by atoms with Crippen LogP contribution in [0.4, 0.5) is 0 Å². The summed E-state index contributed by atoms with van der Waals surface area (Å²) < 4.78 is 12.9. The van der Waals surface area contributed by atoms with E-state index >= 15 is 0 Å². The molecule has 0 N–H and O–H groups in total. The molecular formula is C19H25N3O3. The molecule has 6 nitrogen and oxygen atoms in total. The highest BCUT2D eigenvalue weighted by Crippen LogP contribution is 2.29. The summed E-state index contributed by atoms with van der Waals surface area (Å²) in [4.78, 5) is 13.9. The second kappa shape index (κ2) is 8.92. The first-order chi connectivity index (χ1) is 12.0. The Hall–Kier alpha value is -2.76. The fourth-order valence-electron chi connectivity index (χ4n) is 2.37. The number of likely N-dealkylation sites (N-methyl/N-ethyl adjacent to an activating group) is 1. The second-order valence-corrected chi connectivity index (χ2v) is 5.62. The number of aromatic nitrogens is 2. The van der Waals surface area contributed by atoms with Gasteiger partial charge in [0.25, 0.3) is 0 Å². The first-order valence-corrected chi connectivity index (χ1v) is 8.33. The van der Waals surface area contributed by atoms with Gasteiger partial charge in [-0.05, 0) is 37.6 Å². The van der Waals surface area contributed by atoms with E-state index in [1.54, 1.807) is 35.0 Å². The van der Waals surface area contributed by atoms with E-state index in [1.807, 2.05) is 45.3 Å². The van der Waals surface area contributed by atoms with Crippen LogP contribution in [0.1, 0.15) is 25.0 Å². The van der Waals surface area contributed by atoms with Crippen LogP contribution < -0.4 is 9.47 Å². The molecule has 1 aromatic carbocycles. The predicted octanol–water partition coefficient (Wildman–Crippen LogP) is 2.89. The third-order valence-corrected chi connectivity index (χ3v) is 3.54. The number of nitrogens with zero attached hydrogens (tertiary/aromatic N) is 3. The third-order valence-electron chi connectivity index (χ3n) is 3.54. The summed E-state index contributed by atoms with van der Waals surface area (Å²) in [5.41, 5.74) is 1.88. The van der Waals surface area contributed by atoms with Gasteiger partial charge in [-0.25, -0.2) is 0 Å². The number of benzene rings is 1. The molecular weight excluding hydrogens is 318 g/mol. The monoisotopic (exact) mass is 343 g/mol. The maximum Gasteiger partial charge on any atom is 0.246 e. The zero-order chi connectivity index (χ0) is 18.2. The van der Waals surface area contributed by atoms with Crippen molar-refractivity contribution < 1.29 is 14.3 Å². The lowest BCUT2D eigenvalue weighted by Crippen LogP contribution is -2.23. The molecule has 0 spiro atoms. The van der Waals surface area contributed by atoms with Gasteiger partial charge >= 0.3 is 0 Å². The molecule has 0 saturated heterocycles. The van der Waals surface area contributed by atoms with Gasteiger partial charge in [-0.1, -0.05) is 6.07 Å². The molecule has 134 valence electrons. The smallest absolute Gasteiger partial charge is 0.246 e. The van der Waals surface area contributed by atoms with Crippen LogP contribution in [0.15, 0.2) is 36.7 Å². The van der Waals surface area contributed by atoms with E-state index in [1.165, 1.54) is 0 Å². The Kier molecular flexibility index (Phi) is 6.62. The molecule has 0 radical (unpaired) electrons. The summed E-state index contributed by atoms with van der Waals surface area (Å²) in [6.45, 7) is 5.51. The molecule has 1 aromatic heterocycles. The van der Waals surface area contributed by atoms with Gasteiger partial charge in [0.2, 0.25) is 5.91 Å². The van der Waals surface area contributed by atoms with Crippen LogP contribution in [-0.2, 0) is 18.4 Å². The van der Waals surface area contributed by atoms with Gasteiger partial charge in [0.05, 0.1) is 19.4 Å². The Balaban J connectivity index is 2.04. The number of carbonyl (C=O) groups excluding carboxylic acids is 1. The van der Waals surface area contributed by atoms with E-state index in [-0.39, 0.29) is 5.91 Å². The van der Waals surface area contributed by atoms with Gasteiger partial charge in [-0.3, -0.25) is 9.48 Å². The van der Waals surface area contributed by atoms with Gasteiger partial charge in [-0.2, -0.15) is 5.10 Å². The standard InChI is InChI=1S/C19H25N3O3/c1-5-24-17-9-7-15(11-18(17)25-6-2)8-10-19(23)21(3)13-16-12-20-22(4)14-16/h7-12,14H,5-6,13H2,1-4H3/b10-8+. The predicted molar refractivity (Wildman–Crippen MR) is 97.5 cm³/mol. The molecule has 1 amide bonds. The van der Waals surface area contributed by atoms with Crippen molar-refractivity contribution in [1.82, 2.24) is 14.7 Å². The highest BCUT2D eigenvalue weighted by molar-refractivity contribution is 5.91. The van der Waals surface area contributed by atoms with Crippen LogP contribution >= 0.6 is 0 Å². The van der Waals surface area contributed by atoms with E-state index < -0.39 is 0 Å². The first kappa shape index (κ1) is 18.6. The van der Waals surface area contributed by atoms with Crippen LogP contribution in [0, 0.1) is 0 Å². The molecule has 0 saturated carbocycles. The topological polar surface area (TPSA) is 56.6 Å². The maximum atomic E-state index is 12.3. The summed E-state index contributed by atoms with van der Waals surface area (Å²) in [5.74, 6) is 1.32. The van der Waals surface area contributed by atoms with Crippen LogP contribution in [0.25, 0.3) is 6.08 Å². The largest absolute Gasteiger partial charge is 0.490 e. The summed E-state index contributed by atoms with van der Waals surface area (Å²) in [5, 5.41) is 4.11. The molecule has 25 heavy (non-hydrogen) atoms. The van der Waals surface area contributed by atoms with Crippen molar-refractivity contribution in [2.75, 3.05) is 20.3 Å². The van der Waals surface area contributed by atoms with Crippen LogP contribution in [0.5, 0.6) is 11.5 Å². The molecule has 0 unspecified atom stereocenters. The molecule has 0 aliphatic heterocycles. The molecule has 6 heteroatoms. The highest BCUT2D eigenvalue weighted by Gasteiger charge is 2.08. The van der Waals surface area contributed by atoms with Crippen molar-refractivity contribution in [2.45, 2.75) is 20.4 Å². The Morgan fingerprint density at radius 1 is 1.24 bits per heavy atom. The lowest BCUT2D eigenvalue weighted by molar-refractivity contribution is -0.125. The zero-order valence-corrected chi connectivity index (χ0v) is 15.2. The fraction of sp³-hybridized carbons (Fsp3) is 0.368. The first-order valence-electron chi connectivity index (χ1n) is 8.33. The van der Waals surface area contributed by atoms with Crippen LogP contribution in [-0.4, -0.2) is 40.8 Å². The minimum Gasteiger partial charge on any atom is -0.490 e. The molecule has 1 heterocycles. The Labute approximate surface area is 148 Å². The number of hydrogen-bond donors (Lipinski definition) is 0. The van der Waals surface area contributed by atoms with Crippen molar-refractivity contribution in [1.29, 1.82) is 0 Å². The van der Waals surface area contributed by atoms with Gasteiger partial charge < -0.3 is 14.4 Å². The molecule has 0 aliphatic rings. The summed E-state index contributed by atoms with van der Waals surface area (Å²) in [6.07, 6.45) is 6.99. The molecule has 0 bridgehead atoms. The molecule has 0 fully saturated rings. The second-order valence-electron chi connectivity index (χ2n) is 5.62. The van der Waals surface area contributed by atoms with Crippen molar-refractivity contribution in [3.63, 3.8) is 0 Å². The third kappa shape index (κ3) is 5.38. The number of amides is 1. The molecule has 0 aliphatic carbocycles. The van der Waals surface area contributed by atoms with Gasteiger partial charge in [-0.15, -0.1) is 0 Å². The molecule has 2 aromatic rings. The Bertz CT molecular complexity index is 737. The van der Waals surface area contributed by atoms with E-state index in [2.05, 4.69) is 5.10 Å². The average molecular weight is 343 g/mol. The summed E-state index contributed by atoms with van der Waals surface area (Å²) >= 11 is 0.